The SMILES string of the molecule is CCc1c(F)ccc2cc(O)cc(-c3ncc4c(N5CC[C@@H](C)[C@@H](O)C5)nc(OC[C@@]56CCCN5C[C@H](I)C6)nc4c3F)c12. The Balaban J connectivity index is 1.37. The second-order valence-corrected chi connectivity index (χ2v) is 14.4. The summed E-state index contributed by atoms with van der Waals surface area (Å²) in [6.45, 7) is 7.32. The predicted octanol–water partition coefficient (Wildman–Crippen LogP) is 6.02. The smallest absolute Gasteiger partial charge is 0.319 e. The summed E-state index contributed by atoms with van der Waals surface area (Å²) < 4.78 is 38.6. The normalized spacial score (nSPS) is 25.7. The van der Waals surface area contributed by atoms with Crippen LogP contribution >= 0.6 is 22.6 Å². The molecule has 0 amide bonds. The van der Waals surface area contributed by atoms with Crippen LogP contribution in [0, 0.1) is 17.6 Å². The molecule has 0 saturated carbocycles. The Morgan fingerprint density at radius 2 is 2.00 bits per heavy atom. The van der Waals surface area contributed by atoms with Crippen molar-refractivity contribution < 1.29 is 23.7 Å². The molecule has 5 heterocycles. The van der Waals surface area contributed by atoms with Crippen molar-refractivity contribution >= 4 is 50.1 Å². The van der Waals surface area contributed by atoms with E-state index in [2.05, 4.69) is 37.5 Å². The first-order valence-electron chi connectivity index (χ1n) is 15.4. The number of benzene rings is 2. The van der Waals surface area contributed by atoms with Crippen LogP contribution < -0.4 is 9.64 Å². The Hall–Kier alpha value is -2.90. The standard InChI is InChI=1S/C33H36F2IN5O3/c1-3-22-25(34)6-5-19-11-21(42)12-23(27(19)22)29-28(35)30-24(14-37-29)31(40-10-7-18(2)26(43)16-40)39-32(38-30)44-17-33-8-4-9-41(33)15-20(36)13-33/h5-6,11-12,14,18,20,26,42-43H,3-4,7-10,13,15-17H2,1-2H3/t18-,20-,26+,33+/m1/s1. The van der Waals surface area contributed by atoms with Crippen molar-refractivity contribution in [1.82, 2.24) is 19.9 Å². The summed E-state index contributed by atoms with van der Waals surface area (Å²) in [5.41, 5.74) is 0.636. The molecule has 7 rings (SSSR count). The van der Waals surface area contributed by atoms with Crippen molar-refractivity contribution in [3.63, 3.8) is 0 Å². The van der Waals surface area contributed by atoms with Crippen molar-refractivity contribution in [3.8, 4) is 23.0 Å². The molecule has 8 nitrogen and oxygen atoms in total. The van der Waals surface area contributed by atoms with Crippen molar-refractivity contribution in [2.75, 3.05) is 37.7 Å². The fourth-order valence-electron chi connectivity index (χ4n) is 7.44. The third-order valence-electron chi connectivity index (χ3n) is 9.85. The van der Waals surface area contributed by atoms with Crippen molar-refractivity contribution in [2.24, 2.45) is 5.92 Å². The topological polar surface area (TPSA) is 94.8 Å². The average Bonchev–Trinajstić information content (AvgIpc) is 3.53. The van der Waals surface area contributed by atoms with E-state index in [4.69, 9.17) is 9.72 Å². The molecule has 4 aromatic rings. The van der Waals surface area contributed by atoms with Crippen molar-refractivity contribution in [1.29, 1.82) is 0 Å². The number of β-amino-alcohol motifs (C(OH)–C–C–N with tert-alkyl or cyclic N) is 1. The number of fused-ring (bicyclic) bond motifs is 3. The number of phenols is 1. The predicted molar refractivity (Wildman–Crippen MR) is 175 cm³/mol. The quantitative estimate of drug-likeness (QED) is 0.185. The number of ether oxygens (including phenoxy) is 1. The summed E-state index contributed by atoms with van der Waals surface area (Å²) >= 11 is 2.51. The van der Waals surface area contributed by atoms with Gasteiger partial charge in [0.25, 0.3) is 0 Å². The number of aryl methyl sites for hydroxylation is 1. The molecule has 4 atom stereocenters. The van der Waals surface area contributed by atoms with Gasteiger partial charge in [0, 0.05) is 35.3 Å². The maximum atomic E-state index is 16.8. The number of piperidine rings is 1. The number of hydrogen-bond acceptors (Lipinski definition) is 8. The van der Waals surface area contributed by atoms with Gasteiger partial charge in [0.15, 0.2) is 5.82 Å². The van der Waals surface area contributed by atoms with E-state index in [9.17, 15) is 14.6 Å². The molecule has 0 aliphatic carbocycles. The molecule has 44 heavy (non-hydrogen) atoms. The first-order chi connectivity index (χ1) is 21.2. The van der Waals surface area contributed by atoms with E-state index in [1.165, 1.54) is 18.3 Å². The van der Waals surface area contributed by atoms with Crippen LogP contribution in [0.5, 0.6) is 11.8 Å². The van der Waals surface area contributed by atoms with E-state index in [0.29, 0.717) is 63.1 Å². The number of phenolic OH excluding ortho intramolecular Hbond substituents is 1. The Morgan fingerprint density at radius 1 is 1.16 bits per heavy atom. The zero-order valence-electron chi connectivity index (χ0n) is 24.9. The van der Waals surface area contributed by atoms with E-state index >= 15 is 4.39 Å². The lowest BCUT2D eigenvalue weighted by atomic mass is 9.94. The molecule has 3 aliphatic heterocycles. The highest BCUT2D eigenvalue weighted by molar-refractivity contribution is 14.1. The number of aliphatic hydroxyl groups is 1. The minimum Gasteiger partial charge on any atom is -0.508 e. The molecule has 0 bridgehead atoms. The lowest BCUT2D eigenvalue weighted by Gasteiger charge is -2.35. The van der Waals surface area contributed by atoms with Crippen LogP contribution in [0.25, 0.3) is 32.9 Å². The van der Waals surface area contributed by atoms with E-state index in [1.807, 2.05) is 18.7 Å². The van der Waals surface area contributed by atoms with E-state index in [-0.39, 0.29) is 34.4 Å². The van der Waals surface area contributed by atoms with Crippen LogP contribution in [0.4, 0.5) is 14.6 Å². The molecule has 3 aliphatic rings. The highest BCUT2D eigenvalue weighted by atomic mass is 127. The summed E-state index contributed by atoms with van der Waals surface area (Å²) in [4.78, 5) is 18.4. The lowest BCUT2D eigenvalue weighted by Crippen LogP contribution is -2.44. The molecule has 11 heteroatoms. The number of rotatable bonds is 6. The molecule has 2 aromatic carbocycles. The number of nitrogens with zero attached hydrogens (tertiary/aromatic N) is 5. The number of pyridine rings is 1. The summed E-state index contributed by atoms with van der Waals surface area (Å²) in [6.07, 6.45) is 5.29. The van der Waals surface area contributed by atoms with Crippen LogP contribution in [0.15, 0.2) is 30.5 Å². The monoisotopic (exact) mass is 715 g/mol. The van der Waals surface area contributed by atoms with Crippen LogP contribution in [0.2, 0.25) is 0 Å². The third kappa shape index (κ3) is 5.04. The van der Waals surface area contributed by atoms with Gasteiger partial charge in [-0.3, -0.25) is 9.88 Å². The van der Waals surface area contributed by atoms with Gasteiger partial charge in [-0.2, -0.15) is 9.97 Å². The number of halogens is 3. The second kappa shape index (κ2) is 11.5. The van der Waals surface area contributed by atoms with Gasteiger partial charge in [0.1, 0.15) is 35.2 Å². The van der Waals surface area contributed by atoms with E-state index in [1.54, 1.807) is 12.1 Å². The zero-order chi connectivity index (χ0) is 30.7. The number of aliphatic hydroxyl groups excluding tert-OH is 1. The Labute approximate surface area is 268 Å². The summed E-state index contributed by atoms with van der Waals surface area (Å²) in [7, 11) is 0. The second-order valence-electron chi connectivity index (χ2n) is 12.6. The number of alkyl halides is 1. The van der Waals surface area contributed by atoms with E-state index in [0.717, 1.165) is 38.8 Å². The van der Waals surface area contributed by atoms with Crippen LogP contribution in [0.1, 0.15) is 45.1 Å². The number of aromatic nitrogens is 3. The van der Waals surface area contributed by atoms with Crippen LogP contribution in [0.3, 0.4) is 0 Å². The van der Waals surface area contributed by atoms with Gasteiger partial charge in [-0.1, -0.05) is 42.5 Å². The fraction of sp³-hybridized carbons (Fsp3) is 0.485. The Bertz CT molecular complexity index is 1760. The van der Waals surface area contributed by atoms with Gasteiger partial charge in [0.05, 0.1) is 17.0 Å². The van der Waals surface area contributed by atoms with Gasteiger partial charge in [-0.25, -0.2) is 8.78 Å². The molecule has 3 saturated heterocycles. The molecule has 0 radical (unpaired) electrons. The molecule has 2 N–H and O–H groups in total. The number of hydrogen-bond donors (Lipinski definition) is 2. The third-order valence-corrected chi connectivity index (χ3v) is 10.7. The van der Waals surface area contributed by atoms with Gasteiger partial charge in [0.2, 0.25) is 0 Å². The maximum Gasteiger partial charge on any atom is 0.319 e. The Kier molecular flexibility index (Phi) is 7.77. The molecular weight excluding hydrogens is 679 g/mol. The van der Waals surface area contributed by atoms with Gasteiger partial charge < -0.3 is 19.8 Å². The largest absolute Gasteiger partial charge is 0.508 e. The Morgan fingerprint density at radius 3 is 2.80 bits per heavy atom. The van der Waals surface area contributed by atoms with Gasteiger partial charge in [-0.05, 0) is 79.1 Å². The molecule has 232 valence electrons. The summed E-state index contributed by atoms with van der Waals surface area (Å²) in [6, 6.07) is 5.99. The maximum absolute atomic E-state index is 16.8. The van der Waals surface area contributed by atoms with Crippen LogP contribution in [-0.4, -0.2) is 78.4 Å². The highest BCUT2D eigenvalue weighted by Crippen LogP contribution is 2.43. The molecular formula is C33H36F2IN5O3. The highest BCUT2D eigenvalue weighted by Gasteiger charge is 2.48. The first kappa shape index (κ1) is 29.8. The molecule has 0 spiro atoms. The van der Waals surface area contributed by atoms with E-state index < -0.39 is 17.7 Å². The van der Waals surface area contributed by atoms with Gasteiger partial charge >= 0.3 is 6.01 Å². The van der Waals surface area contributed by atoms with Crippen molar-refractivity contribution in [3.05, 3.63) is 47.7 Å². The molecule has 2 aromatic heterocycles. The minimum atomic E-state index is -0.700. The van der Waals surface area contributed by atoms with Crippen molar-refractivity contribution in [2.45, 2.75) is 61.5 Å². The summed E-state index contributed by atoms with van der Waals surface area (Å²) in [5.74, 6) is -0.563. The molecule has 0 unspecified atom stereocenters. The molecule has 3 fully saturated rings. The zero-order valence-corrected chi connectivity index (χ0v) is 27.0. The number of anilines is 1. The number of aromatic hydroxyl groups is 1. The summed E-state index contributed by atoms with van der Waals surface area (Å²) in [5, 5.41) is 22.8. The van der Waals surface area contributed by atoms with Crippen LogP contribution in [-0.2, 0) is 6.42 Å². The minimum absolute atomic E-state index is 0.0352. The first-order valence-corrected chi connectivity index (χ1v) is 16.7. The van der Waals surface area contributed by atoms with Gasteiger partial charge in [-0.15, -0.1) is 0 Å². The average molecular weight is 716 g/mol. The fourth-order valence-corrected chi connectivity index (χ4v) is 8.73. The lowest BCUT2D eigenvalue weighted by molar-refractivity contribution is 0.102.